The molecule has 1 N–H and O–H groups in total. The lowest BCUT2D eigenvalue weighted by atomic mass is 10.1. The summed E-state index contributed by atoms with van der Waals surface area (Å²) in [6, 6.07) is 24.3. The van der Waals surface area contributed by atoms with Gasteiger partial charge in [-0.25, -0.2) is 4.99 Å². The summed E-state index contributed by atoms with van der Waals surface area (Å²) in [5.74, 6) is 1.62. The fourth-order valence-electron chi connectivity index (χ4n) is 2.81. The van der Waals surface area contributed by atoms with Crippen LogP contribution in [0.1, 0.15) is 0 Å². The van der Waals surface area contributed by atoms with Crippen molar-refractivity contribution in [1.29, 1.82) is 0 Å². The lowest BCUT2D eigenvalue weighted by Gasteiger charge is -2.06. The first kappa shape index (κ1) is 16.0. The van der Waals surface area contributed by atoms with E-state index < -0.39 is 0 Å². The topological polar surface area (TPSA) is 55.0 Å². The predicted molar refractivity (Wildman–Crippen MR) is 102 cm³/mol. The minimum atomic E-state index is 0.169. The Morgan fingerprint density at radius 1 is 0.885 bits per heavy atom. The van der Waals surface area contributed by atoms with Crippen LogP contribution in [0.4, 0.5) is 5.69 Å². The molecule has 0 aliphatic rings. The van der Waals surface area contributed by atoms with E-state index in [1.54, 1.807) is 25.3 Å². The second-order valence-corrected chi connectivity index (χ2v) is 5.86. The van der Waals surface area contributed by atoms with Crippen LogP contribution in [0, 0.1) is 0 Å². The van der Waals surface area contributed by atoms with Crippen molar-refractivity contribution in [1.82, 2.24) is 0 Å². The van der Waals surface area contributed by atoms with E-state index in [0.29, 0.717) is 16.7 Å². The first-order valence-corrected chi connectivity index (χ1v) is 8.24. The van der Waals surface area contributed by atoms with Crippen molar-refractivity contribution in [3.05, 3.63) is 84.2 Å². The van der Waals surface area contributed by atoms with E-state index in [1.807, 2.05) is 60.7 Å². The Morgan fingerprint density at radius 3 is 2.54 bits per heavy atom. The molecule has 4 aromatic rings. The molecular formula is C22H17NO3. The second-order valence-electron chi connectivity index (χ2n) is 5.86. The molecule has 4 rings (SSSR count). The SMILES string of the molecule is COc1cccc(N=c2cc(-c3ccccc3)oc3ccc(O)cc23)c1. The zero-order valence-corrected chi connectivity index (χ0v) is 14.2. The van der Waals surface area contributed by atoms with Crippen LogP contribution in [-0.4, -0.2) is 12.2 Å². The maximum absolute atomic E-state index is 9.89. The summed E-state index contributed by atoms with van der Waals surface area (Å²) in [7, 11) is 1.63. The number of phenols is 1. The molecule has 0 fully saturated rings. The Hall–Kier alpha value is -3.53. The zero-order valence-electron chi connectivity index (χ0n) is 14.2. The van der Waals surface area contributed by atoms with Crippen molar-refractivity contribution < 1.29 is 14.3 Å². The molecule has 4 nitrogen and oxygen atoms in total. The lowest BCUT2D eigenvalue weighted by Crippen LogP contribution is -2.03. The van der Waals surface area contributed by atoms with E-state index in [2.05, 4.69) is 0 Å². The highest BCUT2D eigenvalue weighted by atomic mass is 16.5. The summed E-state index contributed by atoms with van der Waals surface area (Å²) < 4.78 is 11.3. The van der Waals surface area contributed by atoms with Gasteiger partial charge in [0, 0.05) is 23.1 Å². The molecule has 0 unspecified atom stereocenters. The summed E-state index contributed by atoms with van der Waals surface area (Å²) >= 11 is 0. The molecule has 0 saturated heterocycles. The van der Waals surface area contributed by atoms with Gasteiger partial charge < -0.3 is 14.3 Å². The molecule has 0 aliphatic carbocycles. The number of hydrogen-bond acceptors (Lipinski definition) is 4. The highest BCUT2D eigenvalue weighted by Crippen LogP contribution is 2.25. The van der Waals surface area contributed by atoms with Gasteiger partial charge in [-0.05, 0) is 30.3 Å². The fraction of sp³-hybridized carbons (Fsp3) is 0.0455. The fourth-order valence-corrected chi connectivity index (χ4v) is 2.81. The minimum absolute atomic E-state index is 0.169. The third-order valence-corrected chi connectivity index (χ3v) is 4.09. The summed E-state index contributed by atoms with van der Waals surface area (Å²) in [6.45, 7) is 0. The molecule has 128 valence electrons. The number of benzene rings is 3. The van der Waals surface area contributed by atoms with Gasteiger partial charge in [0.2, 0.25) is 0 Å². The molecule has 0 aliphatic heterocycles. The van der Waals surface area contributed by atoms with E-state index in [-0.39, 0.29) is 5.75 Å². The van der Waals surface area contributed by atoms with Crippen LogP contribution in [0.25, 0.3) is 22.3 Å². The number of nitrogens with zero attached hydrogens (tertiary/aromatic N) is 1. The van der Waals surface area contributed by atoms with Gasteiger partial charge in [0.15, 0.2) is 0 Å². The Morgan fingerprint density at radius 2 is 1.73 bits per heavy atom. The van der Waals surface area contributed by atoms with Crippen LogP contribution in [0.15, 0.2) is 88.3 Å². The normalized spacial score (nSPS) is 11.7. The van der Waals surface area contributed by atoms with Crippen LogP contribution in [-0.2, 0) is 0 Å². The van der Waals surface area contributed by atoms with Crippen molar-refractivity contribution in [2.75, 3.05) is 7.11 Å². The van der Waals surface area contributed by atoms with Crippen LogP contribution in [0.2, 0.25) is 0 Å². The van der Waals surface area contributed by atoms with Gasteiger partial charge in [-0.3, -0.25) is 0 Å². The number of rotatable bonds is 3. The quantitative estimate of drug-likeness (QED) is 0.566. The smallest absolute Gasteiger partial charge is 0.137 e. The maximum atomic E-state index is 9.89. The molecule has 0 amide bonds. The number of ether oxygens (including phenoxy) is 1. The monoisotopic (exact) mass is 343 g/mol. The lowest BCUT2D eigenvalue weighted by molar-refractivity contribution is 0.415. The molecular weight excluding hydrogens is 326 g/mol. The number of hydrogen-bond donors (Lipinski definition) is 1. The third-order valence-electron chi connectivity index (χ3n) is 4.09. The van der Waals surface area contributed by atoms with E-state index in [4.69, 9.17) is 14.1 Å². The van der Waals surface area contributed by atoms with Crippen LogP contribution in [0.5, 0.6) is 11.5 Å². The van der Waals surface area contributed by atoms with Crippen LogP contribution in [0.3, 0.4) is 0 Å². The Labute approximate surface area is 150 Å². The van der Waals surface area contributed by atoms with Gasteiger partial charge in [0.05, 0.1) is 18.2 Å². The minimum Gasteiger partial charge on any atom is -0.508 e. The second kappa shape index (κ2) is 6.76. The zero-order chi connectivity index (χ0) is 17.9. The average Bonchev–Trinajstić information content (AvgIpc) is 2.69. The van der Waals surface area contributed by atoms with Gasteiger partial charge in [0.25, 0.3) is 0 Å². The number of fused-ring (bicyclic) bond motifs is 1. The maximum Gasteiger partial charge on any atom is 0.137 e. The summed E-state index contributed by atoms with van der Waals surface area (Å²) in [5, 5.41) is 11.3. The number of phenolic OH excluding ortho intramolecular Hbond substituents is 1. The molecule has 0 spiro atoms. The van der Waals surface area contributed by atoms with Gasteiger partial charge in [-0.2, -0.15) is 0 Å². The Bertz CT molecular complexity index is 1130. The predicted octanol–water partition coefficient (Wildman–Crippen LogP) is 5.05. The first-order chi connectivity index (χ1) is 12.7. The molecule has 1 aromatic heterocycles. The highest BCUT2D eigenvalue weighted by Gasteiger charge is 2.07. The highest BCUT2D eigenvalue weighted by molar-refractivity contribution is 5.80. The third kappa shape index (κ3) is 3.17. The average molecular weight is 343 g/mol. The largest absolute Gasteiger partial charge is 0.508 e. The summed E-state index contributed by atoms with van der Waals surface area (Å²) in [5.41, 5.74) is 2.38. The molecule has 0 bridgehead atoms. The van der Waals surface area contributed by atoms with Crippen LogP contribution < -0.4 is 10.1 Å². The molecule has 4 heteroatoms. The van der Waals surface area contributed by atoms with Crippen molar-refractivity contribution in [3.63, 3.8) is 0 Å². The molecule has 0 atom stereocenters. The molecule has 0 saturated carbocycles. The summed E-state index contributed by atoms with van der Waals surface area (Å²) in [6.07, 6.45) is 0. The Balaban J connectivity index is 1.99. The van der Waals surface area contributed by atoms with E-state index in [1.165, 1.54) is 0 Å². The molecule has 3 aromatic carbocycles. The van der Waals surface area contributed by atoms with Gasteiger partial charge >= 0.3 is 0 Å². The van der Waals surface area contributed by atoms with E-state index >= 15 is 0 Å². The van der Waals surface area contributed by atoms with E-state index in [0.717, 1.165) is 22.4 Å². The van der Waals surface area contributed by atoms with E-state index in [9.17, 15) is 5.11 Å². The summed E-state index contributed by atoms with van der Waals surface area (Å²) in [4.78, 5) is 4.75. The van der Waals surface area contributed by atoms with Gasteiger partial charge in [-0.15, -0.1) is 0 Å². The van der Waals surface area contributed by atoms with Crippen molar-refractivity contribution in [2.45, 2.75) is 0 Å². The number of methoxy groups -OCH3 is 1. The van der Waals surface area contributed by atoms with Crippen molar-refractivity contribution in [2.24, 2.45) is 4.99 Å². The molecule has 26 heavy (non-hydrogen) atoms. The van der Waals surface area contributed by atoms with Crippen LogP contribution >= 0.6 is 0 Å². The van der Waals surface area contributed by atoms with Gasteiger partial charge in [0.1, 0.15) is 22.8 Å². The van der Waals surface area contributed by atoms with Gasteiger partial charge in [-0.1, -0.05) is 36.4 Å². The molecule has 1 heterocycles. The number of aromatic hydroxyl groups is 1. The Kier molecular flexibility index (Phi) is 4.15. The van der Waals surface area contributed by atoms with Crippen molar-refractivity contribution in [3.8, 4) is 22.8 Å². The molecule has 0 radical (unpaired) electrons. The first-order valence-electron chi connectivity index (χ1n) is 8.24. The standard InChI is InChI=1S/C22H17NO3/c1-25-18-9-5-8-16(12-18)23-20-14-22(15-6-3-2-4-7-15)26-21-11-10-17(24)13-19(20)21/h2-14,24H,1H3. The van der Waals surface area contributed by atoms with Crippen molar-refractivity contribution >= 4 is 16.7 Å².